The second-order valence-corrected chi connectivity index (χ2v) is 8.20. The number of hydrogen-bond donors (Lipinski definition) is 2. The first-order chi connectivity index (χ1) is 14.6. The van der Waals surface area contributed by atoms with Crippen molar-refractivity contribution in [2.75, 3.05) is 6.61 Å². The number of rotatable bonds is 18. The van der Waals surface area contributed by atoms with Gasteiger partial charge in [0.05, 0.1) is 6.61 Å². The van der Waals surface area contributed by atoms with E-state index in [4.69, 9.17) is 4.74 Å². The molecule has 1 aromatic carbocycles. The van der Waals surface area contributed by atoms with Crippen molar-refractivity contribution in [1.29, 1.82) is 0 Å². The van der Waals surface area contributed by atoms with E-state index >= 15 is 0 Å². The fourth-order valence-electron chi connectivity index (χ4n) is 3.50. The van der Waals surface area contributed by atoms with E-state index in [2.05, 4.69) is 6.92 Å². The van der Waals surface area contributed by atoms with Crippen molar-refractivity contribution in [3.63, 3.8) is 0 Å². The summed E-state index contributed by atoms with van der Waals surface area (Å²) in [6.45, 7) is 2.71. The fourth-order valence-corrected chi connectivity index (χ4v) is 3.50. The monoisotopic (exact) mass is 418 g/mol. The summed E-state index contributed by atoms with van der Waals surface area (Å²) in [5.74, 6) is -0.765. The Balaban J connectivity index is 1.87. The molecule has 0 aliphatic rings. The SMILES string of the molecule is CCCCCCCCCCCCCCCCCOC(=O)C=Cc1ccc(O)c(O)c1. The molecule has 0 saturated heterocycles. The lowest BCUT2D eigenvalue weighted by atomic mass is 10.0. The van der Waals surface area contributed by atoms with Gasteiger partial charge in [0.1, 0.15) is 0 Å². The first-order valence-corrected chi connectivity index (χ1v) is 12.0. The molecule has 0 unspecified atom stereocenters. The first-order valence-electron chi connectivity index (χ1n) is 12.0. The van der Waals surface area contributed by atoms with E-state index in [1.165, 1.54) is 102 Å². The predicted octanol–water partition coefficient (Wildman–Crippen LogP) is 7.53. The van der Waals surface area contributed by atoms with Crippen LogP contribution in [-0.2, 0) is 9.53 Å². The molecule has 2 N–H and O–H groups in total. The van der Waals surface area contributed by atoms with Gasteiger partial charge in [0.15, 0.2) is 11.5 Å². The third-order valence-corrected chi connectivity index (χ3v) is 5.40. The Morgan fingerprint density at radius 1 is 0.767 bits per heavy atom. The highest BCUT2D eigenvalue weighted by atomic mass is 16.5. The van der Waals surface area contributed by atoms with E-state index in [1.807, 2.05) is 0 Å². The summed E-state index contributed by atoms with van der Waals surface area (Å²) in [7, 11) is 0. The summed E-state index contributed by atoms with van der Waals surface area (Å²) >= 11 is 0. The Labute approximate surface area is 183 Å². The lowest BCUT2D eigenvalue weighted by molar-refractivity contribution is -0.137. The number of carbonyl (C=O) groups is 1. The van der Waals surface area contributed by atoms with Gasteiger partial charge in [-0.1, -0.05) is 103 Å². The van der Waals surface area contributed by atoms with E-state index in [9.17, 15) is 15.0 Å². The molecule has 0 radical (unpaired) electrons. The smallest absolute Gasteiger partial charge is 0.330 e. The van der Waals surface area contributed by atoms with E-state index in [0.29, 0.717) is 12.2 Å². The number of hydrogen-bond acceptors (Lipinski definition) is 4. The number of phenolic OH excluding ortho intramolecular Hbond substituents is 2. The normalized spacial score (nSPS) is 11.2. The topological polar surface area (TPSA) is 66.8 Å². The van der Waals surface area contributed by atoms with Crippen LogP contribution in [0.15, 0.2) is 24.3 Å². The molecule has 0 atom stereocenters. The standard InChI is InChI=1S/C26H42O4/c1-2-3-4-5-6-7-8-9-10-11-12-13-14-15-16-21-30-26(29)20-18-23-17-19-24(27)25(28)22-23/h17-20,22,27-28H,2-16,21H2,1H3. The molecule has 0 aliphatic heterocycles. The molecular weight excluding hydrogens is 376 g/mol. The first kappa shape index (κ1) is 26.1. The quantitative estimate of drug-likeness (QED) is 0.112. The molecule has 0 fully saturated rings. The Hall–Kier alpha value is -1.97. The minimum absolute atomic E-state index is 0.178. The Kier molecular flexibility index (Phi) is 15.5. The summed E-state index contributed by atoms with van der Waals surface area (Å²) in [5.41, 5.74) is 0.634. The van der Waals surface area contributed by atoms with Gasteiger partial charge >= 0.3 is 5.97 Å². The molecular formula is C26H42O4. The van der Waals surface area contributed by atoms with Crippen LogP contribution in [0, 0.1) is 0 Å². The van der Waals surface area contributed by atoms with E-state index < -0.39 is 0 Å². The lowest BCUT2D eigenvalue weighted by Crippen LogP contribution is -2.02. The largest absolute Gasteiger partial charge is 0.504 e. The molecule has 1 aromatic rings. The van der Waals surface area contributed by atoms with Crippen molar-refractivity contribution >= 4 is 12.0 Å². The number of aromatic hydroxyl groups is 2. The van der Waals surface area contributed by atoms with E-state index in [0.717, 1.165) is 12.8 Å². The minimum atomic E-state index is -0.382. The number of ether oxygens (including phenoxy) is 1. The van der Waals surface area contributed by atoms with E-state index in [1.54, 1.807) is 12.1 Å². The Morgan fingerprint density at radius 2 is 1.27 bits per heavy atom. The second-order valence-electron chi connectivity index (χ2n) is 8.20. The average Bonchev–Trinajstić information content (AvgIpc) is 2.74. The Morgan fingerprint density at radius 3 is 1.77 bits per heavy atom. The molecule has 4 heteroatoms. The maximum Gasteiger partial charge on any atom is 0.330 e. The van der Waals surface area contributed by atoms with Crippen LogP contribution < -0.4 is 0 Å². The third kappa shape index (κ3) is 14.1. The fraction of sp³-hybridized carbons (Fsp3) is 0.654. The number of unbranched alkanes of at least 4 members (excludes halogenated alkanes) is 14. The zero-order valence-electron chi connectivity index (χ0n) is 18.9. The van der Waals surface area contributed by atoms with Crippen molar-refractivity contribution in [2.24, 2.45) is 0 Å². The molecule has 0 spiro atoms. The van der Waals surface area contributed by atoms with Gasteiger partial charge < -0.3 is 14.9 Å². The van der Waals surface area contributed by atoms with E-state index in [-0.39, 0.29) is 17.5 Å². The molecule has 0 aromatic heterocycles. The van der Waals surface area contributed by atoms with Crippen LogP contribution >= 0.6 is 0 Å². The van der Waals surface area contributed by atoms with Crippen LogP contribution in [0.2, 0.25) is 0 Å². The van der Waals surface area contributed by atoms with Crippen molar-refractivity contribution in [3.05, 3.63) is 29.8 Å². The highest BCUT2D eigenvalue weighted by molar-refractivity contribution is 5.87. The molecule has 4 nitrogen and oxygen atoms in total. The summed E-state index contributed by atoms with van der Waals surface area (Å²) in [4.78, 5) is 11.7. The lowest BCUT2D eigenvalue weighted by Gasteiger charge is -2.04. The van der Waals surface area contributed by atoms with Gasteiger partial charge in [-0.05, 0) is 30.2 Å². The molecule has 0 bridgehead atoms. The third-order valence-electron chi connectivity index (χ3n) is 5.40. The minimum Gasteiger partial charge on any atom is -0.504 e. The maximum atomic E-state index is 11.7. The Bertz CT molecular complexity index is 595. The van der Waals surface area contributed by atoms with Crippen LogP contribution in [0.4, 0.5) is 0 Å². The van der Waals surface area contributed by atoms with Crippen molar-refractivity contribution in [1.82, 2.24) is 0 Å². The second kappa shape index (κ2) is 17.9. The van der Waals surface area contributed by atoms with Gasteiger partial charge in [0, 0.05) is 6.08 Å². The summed E-state index contributed by atoms with van der Waals surface area (Å²) < 4.78 is 5.19. The molecule has 170 valence electrons. The van der Waals surface area contributed by atoms with Gasteiger partial charge in [0.2, 0.25) is 0 Å². The highest BCUT2D eigenvalue weighted by Gasteiger charge is 2.00. The zero-order valence-corrected chi connectivity index (χ0v) is 18.9. The van der Waals surface area contributed by atoms with Gasteiger partial charge in [-0.25, -0.2) is 4.79 Å². The van der Waals surface area contributed by atoms with Crippen LogP contribution in [0.1, 0.15) is 109 Å². The van der Waals surface area contributed by atoms with Crippen LogP contribution in [-0.4, -0.2) is 22.8 Å². The van der Waals surface area contributed by atoms with Gasteiger partial charge in [-0.15, -0.1) is 0 Å². The van der Waals surface area contributed by atoms with Gasteiger partial charge in [-0.3, -0.25) is 0 Å². The molecule has 30 heavy (non-hydrogen) atoms. The van der Waals surface area contributed by atoms with Crippen LogP contribution in [0.25, 0.3) is 6.08 Å². The molecule has 0 saturated carbocycles. The molecule has 0 heterocycles. The molecule has 0 amide bonds. The van der Waals surface area contributed by atoms with Crippen molar-refractivity contribution in [3.8, 4) is 11.5 Å². The number of benzene rings is 1. The van der Waals surface area contributed by atoms with Gasteiger partial charge in [-0.2, -0.15) is 0 Å². The highest BCUT2D eigenvalue weighted by Crippen LogP contribution is 2.25. The number of esters is 1. The molecule has 0 aliphatic carbocycles. The number of carbonyl (C=O) groups excluding carboxylic acids is 1. The van der Waals surface area contributed by atoms with Crippen molar-refractivity contribution in [2.45, 2.75) is 103 Å². The van der Waals surface area contributed by atoms with Crippen LogP contribution in [0.5, 0.6) is 11.5 Å². The van der Waals surface area contributed by atoms with Gasteiger partial charge in [0.25, 0.3) is 0 Å². The summed E-state index contributed by atoms with van der Waals surface area (Å²) in [5, 5.41) is 18.7. The predicted molar refractivity (Wildman–Crippen MR) is 125 cm³/mol. The van der Waals surface area contributed by atoms with Crippen LogP contribution in [0.3, 0.4) is 0 Å². The van der Waals surface area contributed by atoms with Crippen molar-refractivity contribution < 1.29 is 19.7 Å². The zero-order chi connectivity index (χ0) is 21.9. The summed E-state index contributed by atoms with van der Waals surface area (Å²) in [6, 6.07) is 4.40. The summed E-state index contributed by atoms with van der Waals surface area (Å²) in [6.07, 6.45) is 22.6. The number of phenols is 2. The average molecular weight is 419 g/mol. The molecule has 1 rings (SSSR count). The maximum absolute atomic E-state index is 11.7.